The van der Waals surface area contributed by atoms with E-state index >= 15 is 0 Å². The number of amides is 1. The zero-order valence-corrected chi connectivity index (χ0v) is 24.8. The van der Waals surface area contributed by atoms with Gasteiger partial charge in [-0.15, -0.1) is 11.3 Å². The van der Waals surface area contributed by atoms with Crippen LogP contribution in [0.5, 0.6) is 0 Å². The fourth-order valence-corrected chi connectivity index (χ4v) is 6.18. The average molecular weight is 595 g/mol. The smallest absolute Gasteiger partial charge is 0.446 e. The highest BCUT2D eigenvalue weighted by Gasteiger charge is 2.31. The summed E-state index contributed by atoms with van der Waals surface area (Å²) in [6, 6.07) is 6.87. The summed E-state index contributed by atoms with van der Waals surface area (Å²) in [6.07, 6.45) is 1.55. The van der Waals surface area contributed by atoms with Crippen LogP contribution in [0.4, 0.5) is 13.2 Å². The zero-order chi connectivity index (χ0) is 29.2. The van der Waals surface area contributed by atoms with Gasteiger partial charge in [-0.25, -0.2) is 4.98 Å². The molecule has 0 aliphatic carbocycles. The van der Waals surface area contributed by atoms with Crippen LogP contribution < -0.4 is 0 Å². The monoisotopic (exact) mass is 594 g/mol. The first-order valence-corrected chi connectivity index (χ1v) is 14.7. The minimum Gasteiger partial charge on any atom is -0.469 e. The lowest BCUT2D eigenvalue weighted by Gasteiger charge is -2.31. The second-order valence-corrected chi connectivity index (χ2v) is 13.0. The molecule has 4 rings (SSSR count). The third kappa shape index (κ3) is 7.66. The predicted octanol–water partition coefficient (Wildman–Crippen LogP) is 6.35. The van der Waals surface area contributed by atoms with Crippen LogP contribution in [-0.4, -0.2) is 57.2 Å². The summed E-state index contributed by atoms with van der Waals surface area (Å²) in [5.41, 5.74) is -0.900. The summed E-state index contributed by atoms with van der Waals surface area (Å²) < 4.78 is 45.7. The number of carbonyl (C=O) groups is 2. The molecule has 0 bridgehead atoms. The molecule has 1 aromatic carbocycles. The lowest BCUT2D eigenvalue weighted by molar-refractivity contribution is -0.139. The van der Waals surface area contributed by atoms with Crippen LogP contribution in [0.3, 0.4) is 0 Å². The number of thiazole rings is 1. The molecule has 0 N–H and O–H groups in total. The summed E-state index contributed by atoms with van der Waals surface area (Å²) >= 11 is 1.33. The molecule has 0 spiro atoms. The van der Waals surface area contributed by atoms with Gasteiger partial charge in [-0.05, 0) is 66.8 Å². The van der Waals surface area contributed by atoms with Gasteiger partial charge in [0.25, 0.3) is 0 Å². The van der Waals surface area contributed by atoms with Crippen molar-refractivity contribution >= 4 is 35.0 Å². The molecule has 0 radical (unpaired) electrons. The van der Waals surface area contributed by atoms with Crippen molar-refractivity contribution in [3.8, 4) is 10.6 Å². The quantitative estimate of drug-likeness (QED) is 0.235. The Kier molecular flexibility index (Phi) is 8.99. The summed E-state index contributed by atoms with van der Waals surface area (Å²) in [7, 11) is 1.32. The third-order valence-corrected chi connectivity index (χ3v) is 8.52. The molecule has 40 heavy (non-hydrogen) atoms. The number of thioether (sulfide) groups is 1. The van der Waals surface area contributed by atoms with E-state index in [-0.39, 0.29) is 52.8 Å². The first kappa shape index (κ1) is 30.1. The van der Waals surface area contributed by atoms with Crippen LogP contribution in [-0.2, 0) is 32.7 Å². The fraction of sp³-hybridized carbons (Fsp3) is 0.500. The van der Waals surface area contributed by atoms with E-state index in [0.717, 1.165) is 29.8 Å². The molecule has 0 unspecified atom stereocenters. The van der Waals surface area contributed by atoms with Gasteiger partial charge in [0.1, 0.15) is 11.6 Å². The number of halogens is 3. The number of alkyl halides is 3. The second-order valence-electron chi connectivity index (χ2n) is 11.0. The Morgan fingerprint density at radius 1 is 1.12 bits per heavy atom. The van der Waals surface area contributed by atoms with Crippen LogP contribution in [0, 0.1) is 6.92 Å². The molecular weight excluding hydrogens is 561 g/mol. The number of nitrogens with zero attached hydrogens (tertiary/aromatic N) is 4. The molecule has 7 nitrogen and oxygen atoms in total. The van der Waals surface area contributed by atoms with E-state index in [4.69, 9.17) is 4.98 Å². The average Bonchev–Trinajstić information content (AvgIpc) is 3.49. The molecular formula is C28H33F3N4O3S2. The van der Waals surface area contributed by atoms with Crippen molar-refractivity contribution in [2.24, 2.45) is 0 Å². The van der Waals surface area contributed by atoms with E-state index in [1.165, 1.54) is 18.4 Å². The lowest BCUT2D eigenvalue weighted by atomic mass is 9.86. The van der Waals surface area contributed by atoms with E-state index < -0.39 is 5.51 Å². The third-order valence-electron chi connectivity index (χ3n) is 6.91. The van der Waals surface area contributed by atoms with Crippen LogP contribution in [0.2, 0.25) is 0 Å². The molecule has 3 aromatic rings. The van der Waals surface area contributed by atoms with Gasteiger partial charge in [0.2, 0.25) is 5.91 Å². The number of piperidine rings is 1. The highest BCUT2D eigenvalue weighted by atomic mass is 32.2. The first-order chi connectivity index (χ1) is 18.7. The maximum absolute atomic E-state index is 13.1. The largest absolute Gasteiger partial charge is 0.469 e. The van der Waals surface area contributed by atoms with E-state index in [1.807, 2.05) is 44.0 Å². The molecule has 0 atom stereocenters. The molecule has 1 aliphatic rings. The number of aromatic nitrogens is 3. The van der Waals surface area contributed by atoms with Gasteiger partial charge in [-0.3, -0.25) is 14.3 Å². The molecule has 1 fully saturated rings. The Morgan fingerprint density at radius 3 is 2.45 bits per heavy atom. The van der Waals surface area contributed by atoms with E-state index in [0.29, 0.717) is 29.4 Å². The topological polar surface area (TPSA) is 77.3 Å². The Hall–Kier alpha value is -2.86. The number of hydrogen-bond acceptors (Lipinski definition) is 7. The standard InChI is InChI=1S/C28H33F3N4O3S2/c1-17-10-21(14-25(37)38-5)33-35(17)15-24(36)34-8-6-18(7-9-34)23-16-39-26(32-23)19-11-20(27(2,3)4)13-22(12-19)40-28(29,30)31/h10-13,16,18H,6-9,14-15H2,1-5H3. The summed E-state index contributed by atoms with van der Waals surface area (Å²) in [6.45, 7) is 9.04. The number of aryl methyl sites for hydroxylation is 1. The number of hydrogen-bond donors (Lipinski definition) is 0. The minimum atomic E-state index is -4.37. The number of rotatable bonds is 7. The predicted molar refractivity (Wildman–Crippen MR) is 149 cm³/mol. The van der Waals surface area contributed by atoms with Crippen LogP contribution >= 0.6 is 23.1 Å². The number of benzene rings is 1. The molecule has 12 heteroatoms. The second kappa shape index (κ2) is 11.9. The number of ether oxygens (including phenoxy) is 1. The van der Waals surface area contributed by atoms with Crippen molar-refractivity contribution in [1.82, 2.24) is 19.7 Å². The number of esters is 1. The highest BCUT2D eigenvalue weighted by Crippen LogP contribution is 2.41. The summed E-state index contributed by atoms with van der Waals surface area (Å²) in [5.74, 6) is -0.255. The normalized spacial score (nSPS) is 14.9. The van der Waals surface area contributed by atoms with E-state index in [1.54, 1.807) is 22.9 Å². The SMILES string of the molecule is COC(=O)Cc1cc(C)n(CC(=O)N2CCC(c3csc(-c4cc(SC(F)(F)F)cc(C(C)(C)C)c4)n3)CC2)n1. The number of methoxy groups -OCH3 is 1. The van der Waals surface area contributed by atoms with Crippen molar-refractivity contribution in [1.29, 1.82) is 0 Å². The molecule has 216 valence electrons. The Morgan fingerprint density at radius 2 is 1.82 bits per heavy atom. The zero-order valence-electron chi connectivity index (χ0n) is 23.2. The Labute approximate surface area is 240 Å². The maximum atomic E-state index is 13.1. The van der Waals surface area contributed by atoms with Crippen molar-refractivity contribution in [3.05, 3.63) is 52.3 Å². The van der Waals surface area contributed by atoms with Crippen LogP contribution in [0.15, 0.2) is 34.5 Å². The van der Waals surface area contributed by atoms with E-state index in [2.05, 4.69) is 9.84 Å². The number of likely N-dealkylation sites (tertiary alicyclic amines) is 1. The Bertz CT molecular complexity index is 1370. The van der Waals surface area contributed by atoms with Gasteiger partial charge >= 0.3 is 11.5 Å². The molecule has 1 aliphatic heterocycles. The van der Waals surface area contributed by atoms with E-state index in [9.17, 15) is 22.8 Å². The van der Waals surface area contributed by atoms with Gasteiger partial charge < -0.3 is 9.64 Å². The lowest BCUT2D eigenvalue weighted by Crippen LogP contribution is -2.40. The maximum Gasteiger partial charge on any atom is 0.446 e. The molecule has 3 heterocycles. The minimum absolute atomic E-state index is 0.0399. The van der Waals surface area contributed by atoms with Gasteiger partial charge in [-0.1, -0.05) is 20.8 Å². The highest BCUT2D eigenvalue weighted by molar-refractivity contribution is 8.00. The van der Waals surface area contributed by atoms with Gasteiger partial charge in [0, 0.05) is 40.5 Å². The van der Waals surface area contributed by atoms with Crippen LogP contribution in [0.25, 0.3) is 10.6 Å². The Balaban J connectivity index is 1.41. The van der Waals surface area contributed by atoms with Crippen molar-refractivity contribution in [2.75, 3.05) is 20.2 Å². The van der Waals surface area contributed by atoms with Crippen molar-refractivity contribution in [2.45, 2.75) is 75.2 Å². The number of carbonyl (C=O) groups excluding carboxylic acids is 2. The molecule has 1 saturated heterocycles. The van der Waals surface area contributed by atoms with Gasteiger partial charge in [-0.2, -0.15) is 18.3 Å². The van der Waals surface area contributed by atoms with Crippen molar-refractivity contribution < 1.29 is 27.5 Å². The summed E-state index contributed by atoms with van der Waals surface area (Å²) in [4.78, 5) is 31.3. The molecule has 0 saturated carbocycles. The van der Waals surface area contributed by atoms with Crippen molar-refractivity contribution in [3.63, 3.8) is 0 Å². The van der Waals surface area contributed by atoms with Crippen LogP contribution in [0.1, 0.15) is 62.2 Å². The van der Waals surface area contributed by atoms with Gasteiger partial charge in [0.15, 0.2) is 0 Å². The molecule has 1 amide bonds. The van der Waals surface area contributed by atoms with Gasteiger partial charge in [0.05, 0.1) is 24.9 Å². The molecule has 2 aromatic heterocycles. The fourth-order valence-electron chi connectivity index (χ4n) is 4.65. The first-order valence-electron chi connectivity index (χ1n) is 13.0. The summed E-state index contributed by atoms with van der Waals surface area (Å²) in [5, 5.41) is 7.04.